The highest BCUT2D eigenvalue weighted by molar-refractivity contribution is 7.53. The molecule has 0 aromatic heterocycles. The van der Waals surface area contributed by atoms with Crippen LogP contribution >= 0.6 is 7.60 Å². The van der Waals surface area contributed by atoms with E-state index in [1.165, 1.54) is 77.6 Å². The van der Waals surface area contributed by atoms with Crippen molar-refractivity contribution in [1.29, 1.82) is 0 Å². The van der Waals surface area contributed by atoms with Crippen LogP contribution in [0.25, 0.3) is 0 Å². The van der Waals surface area contributed by atoms with Crippen molar-refractivity contribution in [2.24, 2.45) is 11.7 Å². The van der Waals surface area contributed by atoms with Crippen LogP contribution in [0.1, 0.15) is 117 Å². The van der Waals surface area contributed by atoms with Crippen molar-refractivity contribution in [2.45, 2.75) is 122 Å². The Labute approximate surface area is 156 Å². The van der Waals surface area contributed by atoms with Gasteiger partial charge in [0.2, 0.25) is 0 Å². The molecule has 152 valence electrons. The maximum Gasteiger partial charge on any atom is 0.344 e. The van der Waals surface area contributed by atoms with Crippen LogP contribution in [0.5, 0.6) is 0 Å². The van der Waals surface area contributed by atoms with Gasteiger partial charge < -0.3 is 15.5 Å². The molecule has 0 bridgehead atoms. The summed E-state index contributed by atoms with van der Waals surface area (Å²) in [5.41, 5.74) is 5.69. The van der Waals surface area contributed by atoms with Crippen molar-refractivity contribution in [3.63, 3.8) is 0 Å². The second-order valence-electron chi connectivity index (χ2n) is 8.43. The van der Waals surface area contributed by atoms with E-state index in [2.05, 4.69) is 13.8 Å². The number of hydrogen-bond donors (Lipinski definition) is 3. The molecule has 0 aliphatic heterocycles. The van der Waals surface area contributed by atoms with Crippen LogP contribution in [0.4, 0.5) is 0 Å². The Morgan fingerprint density at radius 2 is 1.08 bits per heavy atom. The topological polar surface area (TPSA) is 83.6 Å². The summed E-state index contributed by atoms with van der Waals surface area (Å²) >= 11 is 0. The van der Waals surface area contributed by atoms with Gasteiger partial charge in [0, 0.05) is 0 Å². The SMILES string of the molecule is CC(C)CCCCCCCCCCCCCCCC(C)(N)P(=O)(O)O. The van der Waals surface area contributed by atoms with Crippen molar-refractivity contribution in [3.05, 3.63) is 0 Å². The molecule has 0 saturated carbocycles. The molecule has 0 saturated heterocycles. The molecule has 0 radical (unpaired) electrons. The third-order valence-corrected chi connectivity index (χ3v) is 6.68. The smallest absolute Gasteiger partial charge is 0.323 e. The van der Waals surface area contributed by atoms with Crippen LogP contribution < -0.4 is 5.73 Å². The number of hydrogen-bond acceptors (Lipinski definition) is 2. The fraction of sp³-hybridized carbons (Fsp3) is 1.00. The molecule has 0 fully saturated rings. The van der Waals surface area contributed by atoms with E-state index < -0.39 is 12.9 Å². The van der Waals surface area contributed by atoms with Crippen LogP contribution in [0.15, 0.2) is 0 Å². The minimum Gasteiger partial charge on any atom is -0.323 e. The maximum atomic E-state index is 11.2. The van der Waals surface area contributed by atoms with Crippen molar-refractivity contribution in [1.82, 2.24) is 0 Å². The lowest BCUT2D eigenvalue weighted by molar-refractivity contribution is 0.321. The van der Waals surface area contributed by atoms with Gasteiger partial charge in [-0.2, -0.15) is 0 Å². The van der Waals surface area contributed by atoms with Crippen LogP contribution in [0.2, 0.25) is 0 Å². The highest BCUT2D eigenvalue weighted by Gasteiger charge is 2.37. The Kier molecular flexibility index (Phi) is 14.3. The Morgan fingerprint density at radius 1 is 0.760 bits per heavy atom. The van der Waals surface area contributed by atoms with Gasteiger partial charge in [0.1, 0.15) is 5.28 Å². The van der Waals surface area contributed by atoms with E-state index in [9.17, 15) is 4.57 Å². The van der Waals surface area contributed by atoms with Gasteiger partial charge in [0.15, 0.2) is 0 Å². The average Bonchev–Trinajstić information content (AvgIpc) is 2.49. The molecular formula is C20H44NO3P. The molecule has 0 rings (SSSR count). The van der Waals surface area contributed by atoms with Gasteiger partial charge in [-0.25, -0.2) is 0 Å². The summed E-state index contributed by atoms with van der Waals surface area (Å²) in [4.78, 5) is 18.3. The Morgan fingerprint density at radius 3 is 1.40 bits per heavy atom. The minimum absolute atomic E-state index is 0.397. The summed E-state index contributed by atoms with van der Waals surface area (Å²) < 4.78 is 11.2. The van der Waals surface area contributed by atoms with Crippen LogP contribution in [-0.4, -0.2) is 15.1 Å². The molecule has 0 amide bonds. The van der Waals surface area contributed by atoms with Gasteiger partial charge in [-0.1, -0.05) is 104 Å². The lowest BCUT2D eigenvalue weighted by atomic mass is 10.0. The molecule has 4 nitrogen and oxygen atoms in total. The van der Waals surface area contributed by atoms with Crippen LogP contribution in [0.3, 0.4) is 0 Å². The predicted molar refractivity (Wildman–Crippen MR) is 109 cm³/mol. The molecule has 1 atom stereocenters. The summed E-state index contributed by atoms with van der Waals surface area (Å²) in [7, 11) is -4.18. The van der Waals surface area contributed by atoms with Gasteiger partial charge in [-0.3, -0.25) is 4.57 Å². The molecule has 0 heterocycles. The van der Waals surface area contributed by atoms with Crippen molar-refractivity contribution >= 4 is 7.60 Å². The van der Waals surface area contributed by atoms with Gasteiger partial charge in [-0.15, -0.1) is 0 Å². The van der Waals surface area contributed by atoms with Crippen molar-refractivity contribution < 1.29 is 14.4 Å². The van der Waals surface area contributed by atoms with Gasteiger partial charge >= 0.3 is 7.60 Å². The van der Waals surface area contributed by atoms with Crippen molar-refractivity contribution in [2.75, 3.05) is 0 Å². The lowest BCUT2D eigenvalue weighted by Crippen LogP contribution is -2.35. The fourth-order valence-electron chi connectivity index (χ4n) is 3.13. The van der Waals surface area contributed by atoms with Crippen LogP contribution in [-0.2, 0) is 4.57 Å². The second-order valence-corrected chi connectivity index (χ2v) is 10.5. The lowest BCUT2D eigenvalue weighted by Gasteiger charge is -2.25. The normalized spacial score (nSPS) is 14.8. The number of rotatable bonds is 17. The summed E-state index contributed by atoms with van der Waals surface area (Å²) in [6.07, 6.45) is 18.3. The maximum absolute atomic E-state index is 11.2. The molecule has 0 aliphatic carbocycles. The summed E-state index contributed by atoms with van der Waals surface area (Å²) in [5, 5.41) is -1.36. The minimum atomic E-state index is -4.18. The monoisotopic (exact) mass is 377 g/mol. The molecule has 25 heavy (non-hydrogen) atoms. The molecular weight excluding hydrogens is 333 g/mol. The summed E-state index contributed by atoms with van der Waals surface area (Å²) in [6, 6.07) is 0. The van der Waals surface area contributed by atoms with E-state index in [1.54, 1.807) is 0 Å². The zero-order chi connectivity index (χ0) is 19.2. The molecule has 4 N–H and O–H groups in total. The molecule has 0 aromatic carbocycles. The third-order valence-electron chi connectivity index (χ3n) is 5.13. The van der Waals surface area contributed by atoms with E-state index in [-0.39, 0.29) is 0 Å². The number of nitrogens with two attached hydrogens (primary N) is 1. The first-order valence-corrected chi connectivity index (χ1v) is 12.1. The van der Waals surface area contributed by atoms with Gasteiger partial charge in [-0.05, 0) is 19.3 Å². The zero-order valence-corrected chi connectivity index (χ0v) is 17.9. The Bertz CT molecular complexity index is 353. The molecule has 5 heteroatoms. The van der Waals surface area contributed by atoms with E-state index in [0.29, 0.717) is 6.42 Å². The summed E-state index contributed by atoms with van der Waals surface area (Å²) in [5.74, 6) is 0.853. The van der Waals surface area contributed by atoms with E-state index in [4.69, 9.17) is 15.5 Å². The van der Waals surface area contributed by atoms with E-state index >= 15 is 0 Å². The quantitative estimate of drug-likeness (QED) is 0.204. The highest BCUT2D eigenvalue weighted by Crippen LogP contribution is 2.49. The van der Waals surface area contributed by atoms with E-state index in [0.717, 1.165) is 25.2 Å². The van der Waals surface area contributed by atoms with E-state index in [1.807, 2.05) is 0 Å². The first kappa shape index (κ1) is 25.1. The largest absolute Gasteiger partial charge is 0.344 e. The highest BCUT2D eigenvalue weighted by atomic mass is 31.2. The molecule has 0 aromatic rings. The molecule has 0 spiro atoms. The van der Waals surface area contributed by atoms with Gasteiger partial charge in [0.25, 0.3) is 0 Å². The van der Waals surface area contributed by atoms with Crippen LogP contribution in [0, 0.1) is 5.92 Å². The fourth-order valence-corrected chi connectivity index (χ4v) is 3.58. The first-order valence-electron chi connectivity index (χ1n) is 10.5. The summed E-state index contributed by atoms with van der Waals surface area (Å²) in [6.45, 7) is 6.06. The third kappa shape index (κ3) is 14.9. The molecule has 0 aliphatic rings. The van der Waals surface area contributed by atoms with Crippen molar-refractivity contribution in [3.8, 4) is 0 Å². The molecule has 1 unspecified atom stereocenters. The average molecular weight is 378 g/mol. The second kappa shape index (κ2) is 14.2. The standard InChI is InChI=1S/C20H44NO3P/c1-19(2)17-15-13-11-9-7-5-4-6-8-10-12-14-16-18-20(3,21)25(22,23)24/h19H,4-18,21H2,1-3H3,(H2,22,23,24). The Hall–Kier alpha value is 0.110. The first-order chi connectivity index (χ1) is 11.7. The Balaban J connectivity index is 3.26. The zero-order valence-electron chi connectivity index (χ0n) is 17.0. The predicted octanol–water partition coefficient (Wildman–Crippen LogP) is 6.35. The number of unbranched alkanes of at least 4 members (excludes halogenated alkanes) is 12. The van der Waals surface area contributed by atoms with Gasteiger partial charge in [0.05, 0.1) is 0 Å².